The van der Waals surface area contributed by atoms with Crippen LogP contribution >= 0.6 is 34.4 Å². The average Bonchev–Trinajstić information content (AvgIpc) is 2.30. The van der Waals surface area contributed by atoms with Crippen LogP contribution in [0.3, 0.4) is 0 Å². The van der Waals surface area contributed by atoms with Crippen molar-refractivity contribution in [2.45, 2.75) is 5.03 Å². The molecule has 80 valence electrons. The van der Waals surface area contributed by atoms with Gasteiger partial charge in [-0.25, -0.2) is 4.98 Å². The van der Waals surface area contributed by atoms with Gasteiger partial charge in [0.15, 0.2) is 0 Å². The minimum Gasteiger partial charge on any atom is -0.281 e. The highest BCUT2D eigenvalue weighted by Gasteiger charge is 2.08. The van der Waals surface area contributed by atoms with Crippen molar-refractivity contribution in [3.05, 3.63) is 57.8 Å². The molecule has 16 heavy (non-hydrogen) atoms. The van der Waals surface area contributed by atoms with Gasteiger partial charge < -0.3 is 0 Å². The fourth-order valence-corrected chi connectivity index (χ4v) is 2.41. The maximum atomic E-state index is 11.9. The highest BCUT2D eigenvalue weighted by atomic mass is 127. The lowest BCUT2D eigenvalue weighted by Gasteiger charge is -2.00. The van der Waals surface area contributed by atoms with Crippen molar-refractivity contribution in [1.82, 2.24) is 4.98 Å². The van der Waals surface area contributed by atoms with E-state index in [1.165, 1.54) is 0 Å². The van der Waals surface area contributed by atoms with Crippen LogP contribution in [0.15, 0.2) is 53.7 Å². The third kappa shape index (κ3) is 3.05. The molecule has 1 aromatic heterocycles. The number of carbonyl (C=O) groups is 1. The summed E-state index contributed by atoms with van der Waals surface area (Å²) in [5.41, 5.74) is 0.711. The maximum Gasteiger partial charge on any atom is 0.225 e. The molecular weight excluding hydrogens is 333 g/mol. The Bertz CT molecular complexity index is 501. The molecule has 0 saturated heterocycles. The summed E-state index contributed by atoms with van der Waals surface area (Å²) in [7, 11) is 0. The van der Waals surface area contributed by atoms with Crippen LogP contribution in [-0.2, 0) is 0 Å². The van der Waals surface area contributed by atoms with Crippen LogP contribution in [0.25, 0.3) is 0 Å². The lowest BCUT2D eigenvalue weighted by atomic mass is 10.2. The van der Waals surface area contributed by atoms with Crippen molar-refractivity contribution in [2.75, 3.05) is 0 Å². The molecular formula is C12H8INOS. The molecule has 2 aromatic rings. The maximum absolute atomic E-state index is 11.9. The monoisotopic (exact) mass is 341 g/mol. The zero-order valence-corrected chi connectivity index (χ0v) is 11.2. The molecule has 0 aliphatic carbocycles. The molecule has 1 aromatic carbocycles. The normalized spacial score (nSPS) is 10.1. The lowest BCUT2D eigenvalue weighted by molar-refractivity contribution is 0.108. The molecule has 0 atom stereocenters. The molecule has 0 bridgehead atoms. The number of rotatable bonds is 2. The third-order valence-corrected chi connectivity index (χ3v) is 3.44. The van der Waals surface area contributed by atoms with Crippen LogP contribution in [0.2, 0.25) is 0 Å². The first kappa shape index (κ1) is 11.6. The average molecular weight is 341 g/mol. The Morgan fingerprint density at radius 2 is 2.06 bits per heavy atom. The number of hydrogen-bond acceptors (Lipinski definition) is 3. The number of benzene rings is 1. The van der Waals surface area contributed by atoms with E-state index in [1.807, 2.05) is 42.5 Å². The van der Waals surface area contributed by atoms with Crippen molar-refractivity contribution >= 4 is 39.5 Å². The molecule has 4 heteroatoms. The number of carbonyl (C=O) groups excluding carboxylic acids is 1. The van der Waals surface area contributed by atoms with E-state index in [-0.39, 0.29) is 5.12 Å². The van der Waals surface area contributed by atoms with E-state index in [9.17, 15) is 4.79 Å². The molecule has 2 rings (SSSR count). The predicted molar refractivity (Wildman–Crippen MR) is 73.6 cm³/mol. The van der Waals surface area contributed by atoms with Crippen LogP contribution in [0, 0.1) is 3.57 Å². The molecule has 0 aliphatic heterocycles. The van der Waals surface area contributed by atoms with Gasteiger partial charge >= 0.3 is 0 Å². The van der Waals surface area contributed by atoms with Gasteiger partial charge in [-0.2, -0.15) is 0 Å². The number of halogens is 1. The van der Waals surface area contributed by atoms with Crippen molar-refractivity contribution in [3.63, 3.8) is 0 Å². The van der Waals surface area contributed by atoms with E-state index >= 15 is 0 Å². The van der Waals surface area contributed by atoms with Gasteiger partial charge in [-0.3, -0.25) is 4.79 Å². The SMILES string of the molecule is O=C(Sc1ccccn1)c1cccc(I)c1. The van der Waals surface area contributed by atoms with Crippen molar-refractivity contribution in [3.8, 4) is 0 Å². The zero-order valence-electron chi connectivity index (χ0n) is 8.26. The Labute approximate surface area is 112 Å². The first-order chi connectivity index (χ1) is 7.75. The number of pyridine rings is 1. The summed E-state index contributed by atoms with van der Waals surface area (Å²) in [6.45, 7) is 0. The molecule has 0 fully saturated rings. The van der Waals surface area contributed by atoms with Crippen LogP contribution < -0.4 is 0 Å². The third-order valence-electron chi connectivity index (χ3n) is 1.90. The van der Waals surface area contributed by atoms with Crippen LogP contribution in [0.5, 0.6) is 0 Å². The van der Waals surface area contributed by atoms with E-state index in [2.05, 4.69) is 27.6 Å². The summed E-state index contributed by atoms with van der Waals surface area (Å²) in [5.74, 6) is 0. The number of nitrogens with zero attached hydrogens (tertiary/aromatic N) is 1. The molecule has 0 unspecified atom stereocenters. The fraction of sp³-hybridized carbons (Fsp3) is 0. The fourth-order valence-electron chi connectivity index (χ4n) is 1.18. The highest BCUT2D eigenvalue weighted by molar-refractivity contribution is 14.1. The van der Waals surface area contributed by atoms with E-state index in [0.717, 1.165) is 20.4 Å². The number of thioether (sulfide) groups is 1. The first-order valence-corrected chi connectivity index (χ1v) is 6.54. The van der Waals surface area contributed by atoms with Crippen molar-refractivity contribution in [2.24, 2.45) is 0 Å². The molecule has 2 nitrogen and oxygen atoms in total. The van der Waals surface area contributed by atoms with E-state index in [0.29, 0.717) is 5.56 Å². The van der Waals surface area contributed by atoms with Gasteiger partial charge in [-0.15, -0.1) is 0 Å². The van der Waals surface area contributed by atoms with Gasteiger partial charge in [0, 0.05) is 15.3 Å². The smallest absolute Gasteiger partial charge is 0.225 e. The highest BCUT2D eigenvalue weighted by Crippen LogP contribution is 2.21. The predicted octanol–water partition coefficient (Wildman–Crippen LogP) is 3.62. The summed E-state index contributed by atoms with van der Waals surface area (Å²) in [5, 5.41) is 0.753. The molecule has 0 saturated carbocycles. The van der Waals surface area contributed by atoms with Gasteiger partial charge in [0.2, 0.25) is 5.12 Å². The molecule has 0 radical (unpaired) electrons. The lowest BCUT2D eigenvalue weighted by Crippen LogP contribution is -1.94. The topological polar surface area (TPSA) is 30.0 Å². The van der Waals surface area contributed by atoms with Gasteiger partial charge in [0.25, 0.3) is 0 Å². The quantitative estimate of drug-likeness (QED) is 0.617. The van der Waals surface area contributed by atoms with Gasteiger partial charge in [0.1, 0.15) is 5.03 Å². The van der Waals surface area contributed by atoms with Gasteiger partial charge in [-0.05, 0) is 58.6 Å². The van der Waals surface area contributed by atoms with E-state index in [1.54, 1.807) is 6.20 Å². The molecule has 1 heterocycles. The van der Waals surface area contributed by atoms with Crippen molar-refractivity contribution in [1.29, 1.82) is 0 Å². The Morgan fingerprint density at radius 3 is 2.75 bits per heavy atom. The second kappa shape index (κ2) is 5.45. The molecule has 0 N–H and O–H groups in total. The Hall–Kier alpha value is -0.880. The molecule has 0 spiro atoms. The van der Waals surface area contributed by atoms with Gasteiger partial charge in [-0.1, -0.05) is 18.2 Å². The summed E-state index contributed by atoms with van der Waals surface area (Å²) in [6.07, 6.45) is 1.68. The van der Waals surface area contributed by atoms with Crippen LogP contribution in [-0.4, -0.2) is 10.1 Å². The first-order valence-electron chi connectivity index (χ1n) is 4.64. The van der Waals surface area contributed by atoms with E-state index < -0.39 is 0 Å². The summed E-state index contributed by atoms with van der Waals surface area (Å²) in [6, 6.07) is 13.1. The zero-order chi connectivity index (χ0) is 11.4. The molecule has 0 aliphatic rings. The Balaban J connectivity index is 2.15. The second-order valence-electron chi connectivity index (χ2n) is 3.07. The number of hydrogen-bond donors (Lipinski definition) is 0. The standard InChI is InChI=1S/C12H8INOS/c13-10-5-3-4-9(8-10)12(15)16-11-6-1-2-7-14-11/h1-8H. The Morgan fingerprint density at radius 1 is 1.19 bits per heavy atom. The van der Waals surface area contributed by atoms with Crippen molar-refractivity contribution < 1.29 is 4.79 Å². The second-order valence-corrected chi connectivity index (χ2v) is 5.31. The minimum absolute atomic E-state index is 0.0252. The summed E-state index contributed by atoms with van der Waals surface area (Å²) >= 11 is 3.34. The molecule has 0 amide bonds. The largest absolute Gasteiger partial charge is 0.281 e. The van der Waals surface area contributed by atoms with Gasteiger partial charge in [0.05, 0.1) is 0 Å². The van der Waals surface area contributed by atoms with E-state index in [4.69, 9.17) is 0 Å². The summed E-state index contributed by atoms with van der Waals surface area (Å²) in [4.78, 5) is 16.0. The van der Waals surface area contributed by atoms with Crippen LogP contribution in [0.4, 0.5) is 0 Å². The number of aromatic nitrogens is 1. The van der Waals surface area contributed by atoms with Crippen LogP contribution in [0.1, 0.15) is 10.4 Å². The summed E-state index contributed by atoms with van der Waals surface area (Å²) < 4.78 is 1.06. The minimum atomic E-state index is 0.0252. The Kier molecular flexibility index (Phi) is 3.95.